The summed E-state index contributed by atoms with van der Waals surface area (Å²) < 4.78 is 2.06. The number of hydrogen-bond acceptors (Lipinski definition) is 3. The first-order valence-corrected chi connectivity index (χ1v) is 9.59. The second-order valence-electron chi connectivity index (χ2n) is 7.88. The van der Waals surface area contributed by atoms with Crippen molar-refractivity contribution in [3.05, 3.63) is 75.8 Å². The number of benzene rings is 2. The summed E-state index contributed by atoms with van der Waals surface area (Å²) in [6.07, 6.45) is 0. The van der Waals surface area contributed by atoms with E-state index in [4.69, 9.17) is 16.6 Å². The SMILES string of the molecule is Cc1nnc2n1-c1ccc(C#CC(C)(C)C)cc1C(c1ccccc1Cl)=NC2. The predicted octanol–water partition coefficient (Wildman–Crippen LogP) is 4.98. The van der Waals surface area contributed by atoms with Crippen LogP contribution >= 0.6 is 11.6 Å². The fourth-order valence-electron chi connectivity index (χ4n) is 3.20. The van der Waals surface area contributed by atoms with Crippen molar-refractivity contribution in [1.29, 1.82) is 0 Å². The van der Waals surface area contributed by atoms with Crippen molar-refractivity contribution >= 4 is 17.3 Å². The fourth-order valence-corrected chi connectivity index (χ4v) is 3.42. The molecule has 0 fully saturated rings. The first-order valence-electron chi connectivity index (χ1n) is 9.22. The van der Waals surface area contributed by atoms with Crippen LogP contribution in [-0.2, 0) is 6.54 Å². The summed E-state index contributed by atoms with van der Waals surface area (Å²) in [4.78, 5) is 4.86. The smallest absolute Gasteiger partial charge is 0.159 e. The molecule has 0 atom stereocenters. The standard InChI is InChI=1S/C23H21ClN4/c1-15-26-27-21-14-25-22(17-7-5-6-8-19(17)24)18-13-16(11-12-23(2,3)4)9-10-20(18)28(15)21/h5-10,13H,14H2,1-4H3. The van der Waals surface area contributed by atoms with Crippen molar-refractivity contribution in [2.24, 2.45) is 10.4 Å². The molecule has 4 rings (SSSR count). The monoisotopic (exact) mass is 388 g/mol. The van der Waals surface area contributed by atoms with E-state index in [0.29, 0.717) is 11.6 Å². The van der Waals surface area contributed by atoms with E-state index in [1.165, 1.54) is 0 Å². The van der Waals surface area contributed by atoms with E-state index >= 15 is 0 Å². The number of nitrogens with zero attached hydrogens (tertiary/aromatic N) is 4. The Bertz CT molecular complexity index is 1150. The Hall–Kier alpha value is -2.90. The maximum Gasteiger partial charge on any atom is 0.159 e. The summed E-state index contributed by atoms with van der Waals surface area (Å²) >= 11 is 6.51. The van der Waals surface area contributed by atoms with Crippen LogP contribution in [0.2, 0.25) is 5.02 Å². The zero-order valence-corrected chi connectivity index (χ0v) is 17.2. The molecule has 28 heavy (non-hydrogen) atoms. The number of aliphatic imine (C=N–C) groups is 1. The maximum absolute atomic E-state index is 6.51. The van der Waals surface area contributed by atoms with E-state index in [1.54, 1.807) is 0 Å². The van der Waals surface area contributed by atoms with Gasteiger partial charge in [-0.3, -0.25) is 9.56 Å². The van der Waals surface area contributed by atoms with Gasteiger partial charge in [0.15, 0.2) is 5.82 Å². The summed E-state index contributed by atoms with van der Waals surface area (Å²) in [6, 6.07) is 14.0. The molecule has 2 heterocycles. The van der Waals surface area contributed by atoms with Gasteiger partial charge in [0.1, 0.15) is 12.4 Å². The summed E-state index contributed by atoms with van der Waals surface area (Å²) in [6.45, 7) is 8.71. The summed E-state index contributed by atoms with van der Waals surface area (Å²) in [7, 11) is 0. The molecule has 0 unspecified atom stereocenters. The second kappa shape index (κ2) is 6.92. The van der Waals surface area contributed by atoms with Crippen molar-refractivity contribution in [2.75, 3.05) is 0 Å². The van der Waals surface area contributed by atoms with E-state index < -0.39 is 0 Å². The van der Waals surface area contributed by atoms with Crippen molar-refractivity contribution in [3.8, 4) is 17.5 Å². The van der Waals surface area contributed by atoms with Gasteiger partial charge < -0.3 is 0 Å². The van der Waals surface area contributed by atoms with Crippen molar-refractivity contribution in [3.63, 3.8) is 0 Å². The summed E-state index contributed by atoms with van der Waals surface area (Å²) in [5, 5.41) is 9.21. The van der Waals surface area contributed by atoms with E-state index in [0.717, 1.165) is 39.7 Å². The van der Waals surface area contributed by atoms with Gasteiger partial charge in [-0.15, -0.1) is 10.2 Å². The fraction of sp³-hybridized carbons (Fsp3) is 0.261. The van der Waals surface area contributed by atoms with Crippen LogP contribution in [0.3, 0.4) is 0 Å². The minimum Gasteiger partial charge on any atom is -0.281 e. The molecule has 0 radical (unpaired) electrons. The number of aryl methyl sites for hydroxylation is 1. The molecule has 4 nitrogen and oxygen atoms in total. The molecule has 0 spiro atoms. The lowest BCUT2D eigenvalue weighted by molar-refractivity contribution is 0.571. The number of fused-ring (bicyclic) bond motifs is 3. The van der Waals surface area contributed by atoms with E-state index in [-0.39, 0.29) is 5.41 Å². The first-order chi connectivity index (χ1) is 13.3. The molecule has 1 aliphatic rings. The lowest BCUT2D eigenvalue weighted by Crippen LogP contribution is -2.09. The maximum atomic E-state index is 6.51. The highest BCUT2D eigenvalue weighted by Gasteiger charge is 2.23. The molecule has 2 aromatic carbocycles. The third kappa shape index (κ3) is 3.46. The van der Waals surface area contributed by atoms with Crippen LogP contribution in [0, 0.1) is 24.2 Å². The lowest BCUT2D eigenvalue weighted by Gasteiger charge is -2.14. The lowest BCUT2D eigenvalue weighted by atomic mass is 9.95. The number of halogens is 1. The Balaban J connectivity index is 1.96. The molecule has 5 heteroatoms. The Labute approximate surface area is 170 Å². The zero-order valence-electron chi connectivity index (χ0n) is 16.4. The average Bonchev–Trinajstić information content (AvgIpc) is 2.93. The van der Waals surface area contributed by atoms with Gasteiger partial charge in [-0.2, -0.15) is 0 Å². The van der Waals surface area contributed by atoms with Gasteiger partial charge in [0.25, 0.3) is 0 Å². The van der Waals surface area contributed by atoms with Gasteiger partial charge >= 0.3 is 0 Å². The molecule has 3 aromatic rings. The van der Waals surface area contributed by atoms with Crippen LogP contribution in [0.1, 0.15) is 49.1 Å². The quantitative estimate of drug-likeness (QED) is 0.552. The van der Waals surface area contributed by atoms with Crippen molar-refractivity contribution < 1.29 is 0 Å². The van der Waals surface area contributed by atoms with Crippen LogP contribution < -0.4 is 0 Å². The first kappa shape index (κ1) is 18.5. The Kier molecular flexibility index (Phi) is 4.56. The van der Waals surface area contributed by atoms with Crippen molar-refractivity contribution in [2.45, 2.75) is 34.2 Å². The third-order valence-electron chi connectivity index (χ3n) is 4.47. The Morgan fingerprint density at radius 2 is 1.82 bits per heavy atom. The molecule has 0 amide bonds. The average molecular weight is 389 g/mol. The van der Waals surface area contributed by atoms with E-state index in [9.17, 15) is 0 Å². The molecular weight excluding hydrogens is 368 g/mol. The largest absolute Gasteiger partial charge is 0.281 e. The van der Waals surface area contributed by atoms with Crippen LogP contribution in [0.25, 0.3) is 5.69 Å². The zero-order chi connectivity index (χ0) is 19.9. The van der Waals surface area contributed by atoms with Gasteiger partial charge in [-0.05, 0) is 52.0 Å². The highest BCUT2D eigenvalue weighted by Crippen LogP contribution is 2.29. The molecule has 0 saturated heterocycles. The summed E-state index contributed by atoms with van der Waals surface area (Å²) in [5.41, 5.74) is 4.62. The van der Waals surface area contributed by atoms with Crippen LogP contribution in [0.15, 0.2) is 47.5 Å². The predicted molar refractivity (Wildman–Crippen MR) is 113 cm³/mol. The number of aromatic nitrogens is 3. The van der Waals surface area contributed by atoms with Crippen LogP contribution in [0.5, 0.6) is 0 Å². The summed E-state index contributed by atoms with van der Waals surface area (Å²) in [5.74, 6) is 8.25. The molecule has 0 saturated carbocycles. The van der Waals surface area contributed by atoms with Gasteiger partial charge in [0, 0.05) is 27.1 Å². The third-order valence-corrected chi connectivity index (χ3v) is 4.80. The highest BCUT2D eigenvalue weighted by atomic mass is 35.5. The molecule has 0 aliphatic carbocycles. The van der Waals surface area contributed by atoms with Gasteiger partial charge in [0.05, 0.1) is 11.4 Å². The van der Waals surface area contributed by atoms with Crippen molar-refractivity contribution in [1.82, 2.24) is 14.8 Å². The topological polar surface area (TPSA) is 43.1 Å². The second-order valence-corrected chi connectivity index (χ2v) is 8.28. The minimum absolute atomic E-state index is 0.0650. The van der Waals surface area contributed by atoms with E-state index in [1.807, 2.05) is 37.3 Å². The minimum atomic E-state index is -0.0650. The van der Waals surface area contributed by atoms with Gasteiger partial charge in [0.2, 0.25) is 0 Å². The van der Waals surface area contributed by atoms with E-state index in [2.05, 4.69) is 59.5 Å². The van der Waals surface area contributed by atoms with Gasteiger partial charge in [-0.1, -0.05) is 41.6 Å². The Morgan fingerprint density at radius 1 is 1.04 bits per heavy atom. The molecule has 0 N–H and O–H groups in total. The number of rotatable bonds is 1. The van der Waals surface area contributed by atoms with Gasteiger partial charge in [-0.25, -0.2) is 0 Å². The van der Waals surface area contributed by atoms with Crippen LogP contribution in [0.4, 0.5) is 0 Å². The highest BCUT2D eigenvalue weighted by molar-refractivity contribution is 6.35. The molecule has 140 valence electrons. The molecule has 1 aromatic heterocycles. The van der Waals surface area contributed by atoms with Crippen LogP contribution in [-0.4, -0.2) is 20.5 Å². The molecule has 0 bridgehead atoms. The normalized spacial score (nSPS) is 13.0. The molecule has 1 aliphatic heterocycles. The molecular formula is C23H21ClN4. The Morgan fingerprint density at radius 3 is 2.57 bits per heavy atom. The number of hydrogen-bond donors (Lipinski definition) is 0.